The zero-order valence-electron chi connectivity index (χ0n) is 16.2. The molecule has 0 aromatic heterocycles. The van der Waals surface area contributed by atoms with Crippen molar-refractivity contribution in [2.24, 2.45) is 0 Å². The lowest BCUT2D eigenvalue weighted by atomic mass is 9.93. The Kier molecular flexibility index (Phi) is 5.79. The lowest BCUT2D eigenvalue weighted by molar-refractivity contribution is -0.167. The molecule has 0 aliphatic carbocycles. The zero-order valence-corrected chi connectivity index (χ0v) is 16.2. The Morgan fingerprint density at radius 2 is 1.74 bits per heavy atom. The molecule has 2 fully saturated rings. The highest BCUT2D eigenvalue weighted by atomic mass is 16.5. The number of carbonyl (C=O) groups is 3. The summed E-state index contributed by atoms with van der Waals surface area (Å²) in [4.78, 5) is 42.3. The number of rotatable bonds is 2. The monoisotopic (exact) mass is 373 g/mol. The molecule has 2 aliphatic rings. The fraction of sp³-hybridized carbons (Fsp3) is 0.550. The molecule has 1 aromatic rings. The summed E-state index contributed by atoms with van der Waals surface area (Å²) in [5.74, 6) is -0.222. The summed E-state index contributed by atoms with van der Waals surface area (Å²) in [6.07, 6.45) is -0.000323. The van der Waals surface area contributed by atoms with Crippen LogP contribution < -0.4 is 0 Å². The topological polar surface area (TPSA) is 70.2 Å². The second kappa shape index (κ2) is 8.08. The summed E-state index contributed by atoms with van der Waals surface area (Å²) < 4.78 is 5.75. The van der Waals surface area contributed by atoms with Crippen molar-refractivity contribution in [3.63, 3.8) is 0 Å². The van der Waals surface area contributed by atoms with Gasteiger partial charge in [-0.05, 0) is 24.5 Å². The number of amides is 3. The van der Waals surface area contributed by atoms with Gasteiger partial charge in [0, 0.05) is 40.2 Å². The Balaban J connectivity index is 1.84. The zero-order chi connectivity index (χ0) is 19.6. The number of hydrogen-bond acceptors (Lipinski definition) is 4. The third-order valence-electron chi connectivity index (χ3n) is 5.49. The predicted octanol–water partition coefficient (Wildman–Crippen LogP) is 0.974. The maximum atomic E-state index is 13.3. The molecule has 0 saturated carbocycles. The van der Waals surface area contributed by atoms with Crippen molar-refractivity contribution in [2.45, 2.75) is 32.4 Å². The van der Waals surface area contributed by atoms with Gasteiger partial charge in [-0.1, -0.05) is 24.3 Å². The second-order valence-electron chi connectivity index (χ2n) is 7.22. The quantitative estimate of drug-likeness (QED) is 0.775. The number of aryl methyl sites for hydroxylation is 1. The van der Waals surface area contributed by atoms with Crippen molar-refractivity contribution in [1.29, 1.82) is 0 Å². The van der Waals surface area contributed by atoms with Gasteiger partial charge in [-0.25, -0.2) is 0 Å². The first-order valence-electron chi connectivity index (χ1n) is 9.37. The SMILES string of the molecule is CC(=O)N1CCCN(C(=O)[C@H]2OCC(=O)N(C)[C@@H]2c2ccccc2C)CC1. The van der Waals surface area contributed by atoms with E-state index in [2.05, 4.69) is 0 Å². The molecule has 146 valence electrons. The number of morpholine rings is 1. The van der Waals surface area contributed by atoms with Gasteiger partial charge in [0.1, 0.15) is 6.61 Å². The Morgan fingerprint density at radius 3 is 2.44 bits per heavy atom. The minimum Gasteiger partial charge on any atom is -0.356 e. The first-order valence-corrected chi connectivity index (χ1v) is 9.37. The summed E-state index contributed by atoms with van der Waals surface area (Å²) in [5.41, 5.74) is 1.94. The third-order valence-corrected chi connectivity index (χ3v) is 5.49. The summed E-state index contributed by atoms with van der Waals surface area (Å²) in [5, 5.41) is 0. The van der Waals surface area contributed by atoms with Gasteiger partial charge >= 0.3 is 0 Å². The molecule has 0 bridgehead atoms. The van der Waals surface area contributed by atoms with Crippen LogP contribution in [0.2, 0.25) is 0 Å². The molecule has 7 nitrogen and oxygen atoms in total. The minimum absolute atomic E-state index is 0.0290. The highest BCUT2D eigenvalue weighted by Gasteiger charge is 2.42. The highest BCUT2D eigenvalue weighted by molar-refractivity contribution is 5.86. The predicted molar refractivity (Wildman–Crippen MR) is 99.9 cm³/mol. The van der Waals surface area contributed by atoms with Crippen molar-refractivity contribution in [3.05, 3.63) is 35.4 Å². The van der Waals surface area contributed by atoms with E-state index in [4.69, 9.17) is 4.74 Å². The van der Waals surface area contributed by atoms with Gasteiger partial charge in [0.25, 0.3) is 5.91 Å². The molecule has 7 heteroatoms. The molecule has 0 N–H and O–H groups in total. The molecular formula is C20H27N3O4. The van der Waals surface area contributed by atoms with Gasteiger partial charge in [-0.3, -0.25) is 14.4 Å². The van der Waals surface area contributed by atoms with Crippen molar-refractivity contribution in [2.75, 3.05) is 39.8 Å². The van der Waals surface area contributed by atoms with Crippen molar-refractivity contribution < 1.29 is 19.1 Å². The number of benzene rings is 1. The van der Waals surface area contributed by atoms with E-state index in [1.807, 2.05) is 31.2 Å². The van der Waals surface area contributed by atoms with E-state index in [0.29, 0.717) is 26.2 Å². The second-order valence-corrected chi connectivity index (χ2v) is 7.22. The molecule has 27 heavy (non-hydrogen) atoms. The summed E-state index contributed by atoms with van der Waals surface area (Å²) in [6.45, 7) is 5.68. The van der Waals surface area contributed by atoms with Gasteiger partial charge in [0.2, 0.25) is 11.8 Å². The van der Waals surface area contributed by atoms with Crippen LogP contribution in [0.25, 0.3) is 0 Å². The number of nitrogens with zero attached hydrogens (tertiary/aromatic N) is 3. The number of ether oxygens (including phenoxy) is 1. The normalized spacial score (nSPS) is 24.0. The maximum absolute atomic E-state index is 13.3. The summed E-state index contributed by atoms with van der Waals surface area (Å²) in [7, 11) is 1.72. The summed E-state index contributed by atoms with van der Waals surface area (Å²) in [6, 6.07) is 7.31. The van der Waals surface area contributed by atoms with Crippen LogP contribution in [0, 0.1) is 6.92 Å². The lowest BCUT2D eigenvalue weighted by Crippen LogP contribution is -2.54. The molecule has 2 aliphatic heterocycles. The van der Waals surface area contributed by atoms with Crippen LogP contribution in [0.1, 0.15) is 30.5 Å². The minimum atomic E-state index is -0.738. The maximum Gasteiger partial charge on any atom is 0.254 e. The fourth-order valence-electron chi connectivity index (χ4n) is 3.84. The van der Waals surface area contributed by atoms with Crippen molar-refractivity contribution in [1.82, 2.24) is 14.7 Å². The van der Waals surface area contributed by atoms with E-state index in [0.717, 1.165) is 17.5 Å². The number of carbonyl (C=O) groups excluding carboxylic acids is 3. The van der Waals surface area contributed by atoms with Gasteiger partial charge in [-0.2, -0.15) is 0 Å². The molecule has 3 rings (SSSR count). The molecule has 3 amide bonds. The largest absolute Gasteiger partial charge is 0.356 e. The van der Waals surface area contributed by atoms with E-state index in [9.17, 15) is 14.4 Å². The van der Waals surface area contributed by atoms with Crippen LogP contribution in [-0.4, -0.2) is 78.4 Å². The average molecular weight is 373 g/mol. The first-order chi connectivity index (χ1) is 12.9. The van der Waals surface area contributed by atoms with Crippen LogP contribution in [0.5, 0.6) is 0 Å². The Hall–Kier alpha value is -2.41. The van der Waals surface area contributed by atoms with Crippen molar-refractivity contribution in [3.8, 4) is 0 Å². The van der Waals surface area contributed by atoms with Gasteiger partial charge < -0.3 is 19.4 Å². The molecule has 2 heterocycles. The van der Waals surface area contributed by atoms with E-state index in [-0.39, 0.29) is 24.3 Å². The van der Waals surface area contributed by atoms with E-state index in [1.54, 1.807) is 28.7 Å². The van der Waals surface area contributed by atoms with Gasteiger partial charge in [0.05, 0.1) is 6.04 Å². The molecule has 0 spiro atoms. The van der Waals surface area contributed by atoms with Gasteiger partial charge in [-0.15, -0.1) is 0 Å². The van der Waals surface area contributed by atoms with E-state index < -0.39 is 12.1 Å². The van der Waals surface area contributed by atoms with Crippen LogP contribution in [0.4, 0.5) is 0 Å². The fourth-order valence-corrected chi connectivity index (χ4v) is 3.84. The number of likely N-dealkylation sites (N-methyl/N-ethyl adjacent to an activating group) is 1. The Labute approximate surface area is 159 Å². The molecule has 1 aromatic carbocycles. The van der Waals surface area contributed by atoms with Gasteiger partial charge in [0.15, 0.2) is 6.10 Å². The van der Waals surface area contributed by atoms with Crippen molar-refractivity contribution >= 4 is 17.7 Å². The molecule has 2 saturated heterocycles. The molecule has 0 radical (unpaired) electrons. The Bertz CT molecular complexity index is 736. The van der Waals surface area contributed by atoms with Crippen LogP contribution >= 0.6 is 0 Å². The molecular weight excluding hydrogens is 346 g/mol. The molecule has 0 unspecified atom stereocenters. The standard InChI is InChI=1S/C20H27N3O4/c1-14-7-4-5-8-16(14)18-19(27-13-17(25)21(18)3)20(26)23-10-6-9-22(11-12-23)15(2)24/h4-5,7-8,18-19H,6,9-13H2,1-3H3/t18-,19+/m1/s1. The van der Waals surface area contributed by atoms with Crippen LogP contribution in [0.15, 0.2) is 24.3 Å². The first kappa shape index (κ1) is 19.4. The smallest absolute Gasteiger partial charge is 0.254 e. The molecule has 2 atom stereocenters. The number of hydrogen-bond donors (Lipinski definition) is 0. The van der Waals surface area contributed by atoms with E-state index >= 15 is 0 Å². The highest BCUT2D eigenvalue weighted by Crippen LogP contribution is 2.32. The average Bonchev–Trinajstić information content (AvgIpc) is 2.90. The Morgan fingerprint density at radius 1 is 1.07 bits per heavy atom. The lowest BCUT2D eigenvalue weighted by Gasteiger charge is -2.40. The summed E-state index contributed by atoms with van der Waals surface area (Å²) >= 11 is 0. The third kappa shape index (κ3) is 3.98. The van der Waals surface area contributed by atoms with Crippen LogP contribution in [0.3, 0.4) is 0 Å². The van der Waals surface area contributed by atoms with Crippen LogP contribution in [-0.2, 0) is 19.1 Å². The van der Waals surface area contributed by atoms with E-state index in [1.165, 1.54) is 0 Å².